The number of aromatic nitrogens is 2. The van der Waals surface area contributed by atoms with Gasteiger partial charge in [-0.1, -0.05) is 26.8 Å². The molecule has 4 nitrogen and oxygen atoms in total. The maximum absolute atomic E-state index is 13.6. The molecule has 4 rings (SSSR count). The first kappa shape index (κ1) is 23.3. The number of hydrogen-bond donors (Lipinski definition) is 1. The van der Waals surface area contributed by atoms with Crippen LogP contribution in [-0.4, -0.2) is 9.97 Å². The SMILES string of the molecule is CC(C)(C)c1ccc2nc(-c3ccc(C#N)c(OCc4cc(F)ccc4C(F)(F)F)c3)[nH]c2c1. The zero-order valence-corrected chi connectivity index (χ0v) is 18.7. The lowest BCUT2D eigenvalue weighted by molar-refractivity contribution is -0.138. The number of ether oxygens (including phenoxy) is 1. The van der Waals surface area contributed by atoms with Gasteiger partial charge in [0.1, 0.15) is 30.1 Å². The number of imidazole rings is 1. The summed E-state index contributed by atoms with van der Waals surface area (Å²) in [6.45, 7) is 5.77. The lowest BCUT2D eigenvalue weighted by Gasteiger charge is -2.18. The van der Waals surface area contributed by atoms with Gasteiger partial charge in [0.05, 0.1) is 22.2 Å². The van der Waals surface area contributed by atoms with Crippen LogP contribution >= 0.6 is 0 Å². The Morgan fingerprint density at radius 1 is 1.00 bits per heavy atom. The van der Waals surface area contributed by atoms with Crippen LogP contribution in [0.2, 0.25) is 0 Å². The molecule has 0 atom stereocenters. The summed E-state index contributed by atoms with van der Waals surface area (Å²) in [4.78, 5) is 7.84. The van der Waals surface area contributed by atoms with Gasteiger partial charge in [0, 0.05) is 11.1 Å². The molecule has 1 N–H and O–H groups in total. The van der Waals surface area contributed by atoms with Gasteiger partial charge in [0.15, 0.2) is 0 Å². The second-order valence-corrected chi connectivity index (χ2v) is 8.98. The van der Waals surface area contributed by atoms with Crippen LogP contribution in [0.3, 0.4) is 0 Å². The summed E-state index contributed by atoms with van der Waals surface area (Å²) in [6, 6.07) is 14.8. The van der Waals surface area contributed by atoms with E-state index in [9.17, 15) is 22.8 Å². The van der Waals surface area contributed by atoms with Crippen molar-refractivity contribution >= 4 is 11.0 Å². The van der Waals surface area contributed by atoms with Crippen molar-refractivity contribution in [2.24, 2.45) is 0 Å². The minimum absolute atomic E-state index is 0.0406. The van der Waals surface area contributed by atoms with E-state index in [0.717, 1.165) is 28.7 Å². The molecular formula is C26H21F4N3O. The van der Waals surface area contributed by atoms with E-state index in [0.29, 0.717) is 17.5 Å². The van der Waals surface area contributed by atoms with Crippen LogP contribution in [0.1, 0.15) is 43.0 Å². The van der Waals surface area contributed by atoms with E-state index in [1.807, 2.05) is 24.3 Å². The molecule has 8 heteroatoms. The highest BCUT2D eigenvalue weighted by atomic mass is 19.4. The van der Waals surface area contributed by atoms with Gasteiger partial charge in [0.25, 0.3) is 0 Å². The van der Waals surface area contributed by atoms with Gasteiger partial charge in [-0.3, -0.25) is 0 Å². The fourth-order valence-corrected chi connectivity index (χ4v) is 3.61. The van der Waals surface area contributed by atoms with Gasteiger partial charge < -0.3 is 9.72 Å². The number of hydrogen-bond acceptors (Lipinski definition) is 3. The smallest absolute Gasteiger partial charge is 0.416 e. The number of nitriles is 1. The predicted molar refractivity (Wildman–Crippen MR) is 121 cm³/mol. The van der Waals surface area contributed by atoms with Gasteiger partial charge in [-0.05, 0) is 59.5 Å². The Hall–Kier alpha value is -3.86. The molecule has 0 bridgehead atoms. The van der Waals surface area contributed by atoms with Crippen LogP contribution in [-0.2, 0) is 18.2 Å². The van der Waals surface area contributed by atoms with E-state index in [1.54, 1.807) is 6.07 Å². The zero-order chi connectivity index (χ0) is 24.7. The number of fused-ring (bicyclic) bond motifs is 1. The number of nitrogens with one attached hydrogen (secondary N) is 1. The Labute approximate surface area is 193 Å². The summed E-state index contributed by atoms with van der Waals surface area (Å²) in [5.41, 5.74) is 2.07. The molecule has 0 aliphatic heterocycles. The molecule has 0 aliphatic carbocycles. The Bertz CT molecular complexity index is 1410. The van der Waals surface area contributed by atoms with Crippen LogP contribution in [0.4, 0.5) is 17.6 Å². The highest BCUT2D eigenvalue weighted by Gasteiger charge is 2.33. The molecule has 4 aromatic rings. The van der Waals surface area contributed by atoms with Crippen molar-refractivity contribution < 1.29 is 22.3 Å². The lowest BCUT2D eigenvalue weighted by Crippen LogP contribution is -2.11. The van der Waals surface area contributed by atoms with Crippen LogP contribution in [0.15, 0.2) is 54.6 Å². The fourth-order valence-electron chi connectivity index (χ4n) is 3.61. The highest BCUT2D eigenvalue weighted by Crippen LogP contribution is 2.34. The van der Waals surface area contributed by atoms with Crippen molar-refractivity contribution in [2.45, 2.75) is 39.0 Å². The van der Waals surface area contributed by atoms with Crippen molar-refractivity contribution in [3.05, 3.63) is 82.7 Å². The number of nitrogens with zero attached hydrogens (tertiary/aromatic N) is 2. The van der Waals surface area contributed by atoms with Crippen molar-refractivity contribution in [1.82, 2.24) is 9.97 Å². The second-order valence-electron chi connectivity index (χ2n) is 8.98. The van der Waals surface area contributed by atoms with Gasteiger partial charge >= 0.3 is 6.18 Å². The zero-order valence-electron chi connectivity index (χ0n) is 18.7. The average molecular weight is 467 g/mol. The van der Waals surface area contributed by atoms with Crippen molar-refractivity contribution in [2.75, 3.05) is 0 Å². The first-order valence-corrected chi connectivity index (χ1v) is 10.5. The quantitative estimate of drug-likeness (QED) is 0.325. The highest BCUT2D eigenvalue weighted by molar-refractivity contribution is 5.80. The molecule has 0 fully saturated rings. The summed E-state index contributed by atoms with van der Waals surface area (Å²) in [5, 5.41) is 9.43. The van der Waals surface area contributed by atoms with Gasteiger partial charge in [-0.25, -0.2) is 9.37 Å². The molecule has 0 unspecified atom stereocenters. The molecule has 34 heavy (non-hydrogen) atoms. The Balaban J connectivity index is 1.68. The molecule has 3 aromatic carbocycles. The lowest BCUT2D eigenvalue weighted by atomic mass is 9.87. The molecule has 1 heterocycles. The van der Waals surface area contributed by atoms with Crippen LogP contribution in [0.5, 0.6) is 5.75 Å². The first-order chi connectivity index (χ1) is 16.0. The van der Waals surface area contributed by atoms with E-state index in [4.69, 9.17) is 4.74 Å². The number of H-pyrrole nitrogens is 1. The summed E-state index contributed by atoms with van der Waals surface area (Å²) in [7, 11) is 0. The molecule has 0 aliphatic rings. The van der Waals surface area contributed by atoms with Gasteiger partial charge in [-0.15, -0.1) is 0 Å². The van der Waals surface area contributed by atoms with E-state index < -0.39 is 24.2 Å². The van der Waals surface area contributed by atoms with Crippen molar-refractivity contribution in [3.8, 4) is 23.2 Å². The minimum atomic E-state index is -4.66. The molecule has 0 radical (unpaired) electrons. The second kappa shape index (κ2) is 8.49. The Kier molecular flexibility index (Phi) is 5.82. The molecule has 174 valence electrons. The predicted octanol–water partition coefficient (Wildman–Crippen LogP) is 7.14. The third kappa shape index (κ3) is 4.74. The van der Waals surface area contributed by atoms with E-state index in [2.05, 4.69) is 30.7 Å². The molecule has 0 spiro atoms. The fraction of sp³-hybridized carbons (Fsp3) is 0.231. The Morgan fingerprint density at radius 3 is 2.44 bits per heavy atom. The monoisotopic (exact) mass is 467 g/mol. The number of alkyl halides is 3. The maximum atomic E-state index is 13.6. The number of halogens is 4. The van der Waals surface area contributed by atoms with Crippen LogP contribution in [0.25, 0.3) is 22.4 Å². The van der Waals surface area contributed by atoms with E-state index in [-0.39, 0.29) is 22.3 Å². The van der Waals surface area contributed by atoms with Crippen LogP contribution in [0, 0.1) is 17.1 Å². The van der Waals surface area contributed by atoms with E-state index in [1.165, 1.54) is 12.1 Å². The molecule has 1 aromatic heterocycles. The maximum Gasteiger partial charge on any atom is 0.416 e. The molecular weight excluding hydrogens is 446 g/mol. The standard InChI is InChI=1S/C26H21F4N3O/c1-25(2,3)18-6-9-21-22(12-18)33-24(32-21)15-4-5-16(13-31)23(11-15)34-14-17-10-19(27)7-8-20(17)26(28,29)30/h4-12H,14H2,1-3H3,(H,32,33). The van der Waals surface area contributed by atoms with E-state index >= 15 is 0 Å². The third-order valence-corrected chi connectivity index (χ3v) is 5.48. The topological polar surface area (TPSA) is 61.7 Å². The molecule has 0 saturated carbocycles. The Morgan fingerprint density at radius 2 is 1.76 bits per heavy atom. The normalized spacial score (nSPS) is 12.1. The first-order valence-electron chi connectivity index (χ1n) is 10.5. The number of benzene rings is 3. The van der Waals surface area contributed by atoms with Gasteiger partial charge in [0.2, 0.25) is 0 Å². The van der Waals surface area contributed by atoms with Crippen LogP contribution < -0.4 is 4.74 Å². The summed E-state index contributed by atoms with van der Waals surface area (Å²) in [6.07, 6.45) is -4.66. The average Bonchev–Trinajstić information content (AvgIpc) is 3.19. The number of aromatic amines is 1. The summed E-state index contributed by atoms with van der Waals surface area (Å²) >= 11 is 0. The van der Waals surface area contributed by atoms with Crippen molar-refractivity contribution in [3.63, 3.8) is 0 Å². The van der Waals surface area contributed by atoms with Gasteiger partial charge in [-0.2, -0.15) is 18.4 Å². The van der Waals surface area contributed by atoms with Crippen molar-refractivity contribution in [1.29, 1.82) is 5.26 Å². The summed E-state index contributed by atoms with van der Waals surface area (Å²) in [5.74, 6) is -0.205. The summed E-state index contributed by atoms with van der Waals surface area (Å²) < 4.78 is 59.1. The third-order valence-electron chi connectivity index (χ3n) is 5.48. The number of rotatable bonds is 4. The minimum Gasteiger partial charge on any atom is -0.487 e. The molecule has 0 saturated heterocycles. The largest absolute Gasteiger partial charge is 0.487 e. The molecule has 0 amide bonds.